The molecule has 0 spiro atoms. The standard InChI is InChI=1S/C34H29Cl2F5N2O9/c1-51-17-10-13(11-18(52-2)28(17)46)21-14-7-8-15-20(30(48)42(29(15)47)9-5-3-4-6-19(44)45)16(14)12-33(35)31(49)43(32(50)34(21,33)36)27-25(40)23(38)22(37)24(39)26(27)41/h7,10-11,15-16,20-21,46H,3-6,8-9,12H2,1-2H3,(H,44,45). The first-order chi connectivity index (χ1) is 24.5. The molecule has 2 N–H and O–H groups in total. The molecule has 2 heterocycles. The van der Waals surface area contributed by atoms with E-state index in [1.54, 1.807) is 0 Å². The number of imide groups is 2. The van der Waals surface area contributed by atoms with Gasteiger partial charge < -0.3 is 19.7 Å². The average Bonchev–Trinajstić information content (AvgIpc) is 3.44. The highest BCUT2D eigenvalue weighted by Gasteiger charge is 2.77. The summed E-state index contributed by atoms with van der Waals surface area (Å²) in [6.45, 7) is -0.0426. The van der Waals surface area contributed by atoms with Gasteiger partial charge in [0.15, 0.2) is 44.5 Å². The van der Waals surface area contributed by atoms with Crippen molar-refractivity contribution in [1.29, 1.82) is 0 Å². The number of fused-ring (bicyclic) bond motifs is 4. The smallest absolute Gasteiger partial charge is 0.303 e. The van der Waals surface area contributed by atoms with Crippen molar-refractivity contribution in [3.05, 3.63) is 58.4 Å². The highest BCUT2D eigenvalue weighted by molar-refractivity contribution is 6.58. The van der Waals surface area contributed by atoms with Crippen molar-refractivity contribution in [1.82, 2.24) is 4.90 Å². The number of carboxylic acids is 1. The number of aliphatic carboxylic acids is 1. The predicted octanol–water partition coefficient (Wildman–Crippen LogP) is 5.31. The highest BCUT2D eigenvalue weighted by atomic mass is 35.5. The SMILES string of the molecule is COc1cc(C2C3=CCC4C(=O)N(CCCCCC(=O)O)C(=O)C4C3CC3(Cl)C(=O)N(c4c(F)c(F)c(F)c(F)c4F)C(=O)C23Cl)cc(OC)c1O. The third-order valence-electron chi connectivity index (χ3n) is 10.4. The first kappa shape index (κ1) is 37.3. The van der Waals surface area contributed by atoms with E-state index in [-0.39, 0.29) is 46.9 Å². The fourth-order valence-corrected chi connectivity index (χ4v) is 8.96. The predicted molar refractivity (Wildman–Crippen MR) is 170 cm³/mol. The topological polar surface area (TPSA) is 151 Å². The summed E-state index contributed by atoms with van der Waals surface area (Å²) >= 11 is 14.3. The highest BCUT2D eigenvalue weighted by Crippen LogP contribution is 2.66. The number of anilines is 1. The summed E-state index contributed by atoms with van der Waals surface area (Å²) in [5.74, 6) is -23.8. The van der Waals surface area contributed by atoms with Crippen molar-refractivity contribution >= 4 is 58.5 Å². The molecule has 2 aliphatic heterocycles. The largest absolute Gasteiger partial charge is 0.502 e. The Balaban J connectivity index is 1.51. The maximum absolute atomic E-state index is 15.2. The second-order valence-electron chi connectivity index (χ2n) is 13.0. The molecule has 6 rings (SSSR count). The molecule has 1 saturated carbocycles. The van der Waals surface area contributed by atoms with Gasteiger partial charge in [-0.05, 0) is 49.3 Å². The first-order valence-electron chi connectivity index (χ1n) is 16.0. The number of nitrogens with zero attached hydrogens (tertiary/aromatic N) is 2. The number of aromatic hydroxyl groups is 1. The fourth-order valence-electron chi connectivity index (χ4n) is 8.03. The molecule has 2 saturated heterocycles. The van der Waals surface area contributed by atoms with E-state index in [1.807, 2.05) is 0 Å². The molecule has 2 aromatic rings. The van der Waals surface area contributed by atoms with Crippen molar-refractivity contribution < 1.29 is 65.6 Å². The number of phenols is 1. The van der Waals surface area contributed by atoms with E-state index in [4.69, 9.17) is 37.8 Å². The number of unbranched alkanes of at least 4 members (excludes halogenated alkanes) is 2. The van der Waals surface area contributed by atoms with Gasteiger partial charge in [0.05, 0.1) is 26.1 Å². The van der Waals surface area contributed by atoms with Crippen molar-refractivity contribution in [2.75, 3.05) is 25.7 Å². The lowest BCUT2D eigenvalue weighted by Gasteiger charge is -2.50. The minimum absolute atomic E-state index is 0.0200. The number of amides is 4. The molecule has 3 fully saturated rings. The van der Waals surface area contributed by atoms with Crippen LogP contribution in [0.2, 0.25) is 0 Å². The molecule has 4 aliphatic rings. The normalized spacial score (nSPS) is 28.1. The van der Waals surface area contributed by atoms with Crippen LogP contribution in [0.15, 0.2) is 23.8 Å². The van der Waals surface area contributed by atoms with Gasteiger partial charge in [-0.2, -0.15) is 0 Å². The average molecular weight is 776 g/mol. The zero-order valence-electron chi connectivity index (χ0n) is 27.3. The van der Waals surface area contributed by atoms with Gasteiger partial charge in [-0.1, -0.05) is 18.1 Å². The van der Waals surface area contributed by atoms with Crippen LogP contribution in [0.5, 0.6) is 17.2 Å². The van der Waals surface area contributed by atoms with E-state index >= 15 is 8.78 Å². The van der Waals surface area contributed by atoms with Gasteiger partial charge in [0, 0.05) is 18.9 Å². The van der Waals surface area contributed by atoms with Gasteiger partial charge in [-0.25, -0.2) is 26.9 Å². The number of likely N-dealkylation sites (tertiary alicyclic amines) is 1. The van der Waals surface area contributed by atoms with Crippen LogP contribution in [0, 0.1) is 46.8 Å². The van der Waals surface area contributed by atoms with Gasteiger partial charge in [0.25, 0.3) is 11.8 Å². The first-order valence-corrected chi connectivity index (χ1v) is 16.7. The van der Waals surface area contributed by atoms with Crippen LogP contribution in [0.25, 0.3) is 0 Å². The molecule has 2 aromatic carbocycles. The Morgan fingerprint density at radius 1 is 0.865 bits per heavy atom. The van der Waals surface area contributed by atoms with Crippen LogP contribution in [-0.4, -0.2) is 75.2 Å². The number of alkyl halides is 2. The quantitative estimate of drug-likeness (QED) is 0.0623. The van der Waals surface area contributed by atoms with Crippen LogP contribution in [-0.2, 0) is 24.0 Å². The summed E-state index contributed by atoms with van der Waals surface area (Å²) in [5.41, 5.74) is -1.72. The van der Waals surface area contributed by atoms with E-state index in [9.17, 15) is 42.3 Å². The summed E-state index contributed by atoms with van der Waals surface area (Å²) in [6, 6.07) is 2.42. The van der Waals surface area contributed by atoms with Crippen molar-refractivity contribution in [3.8, 4) is 17.2 Å². The lowest BCUT2D eigenvalue weighted by atomic mass is 9.56. The Morgan fingerprint density at radius 2 is 1.44 bits per heavy atom. The van der Waals surface area contributed by atoms with Crippen LogP contribution >= 0.6 is 23.2 Å². The van der Waals surface area contributed by atoms with Gasteiger partial charge in [0.2, 0.25) is 23.4 Å². The summed E-state index contributed by atoms with van der Waals surface area (Å²) in [6.07, 6.45) is 1.66. The van der Waals surface area contributed by atoms with Gasteiger partial charge in [-0.3, -0.25) is 28.9 Å². The second-order valence-corrected chi connectivity index (χ2v) is 14.2. The maximum atomic E-state index is 15.2. The number of carbonyl (C=O) groups excluding carboxylic acids is 4. The third kappa shape index (κ3) is 5.15. The van der Waals surface area contributed by atoms with Crippen molar-refractivity contribution in [2.24, 2.45) is 17.8 Å². The third-order valence-corrected chi connectivity index (χ3v) is 11.8. The number of methoxy groups -OCH3 is 2. The number of carboxylic acid groups (broad SMARTS) is 1. The number of hydrogen-bond donors (Lipinski definition) is 2. The number of phenolic OH excluding ortho intramolecular Hbond substituents is 1. The maximum Gasteiger partial charge on any atom is 0.303 e. The number of benzene rings is 2. The summed E-state index contributed by atoms with van der Waals surface area (Å²) in [7, 11) is 2.37. The molecular formula is C34H29Cl2F5N2O9. The van der Waals surface area contributed by atoms with E-state index in [0.29, 0.717) is 19.3 Å². The second kappa shape index (κ2) is 13.2. The Hall–Kier alpha value is -4.44. The zero-order chi connectivity index (χ0) is 38.2. The molecule has 6 unspecified atom stereocenters. The van der Waals surface area contributed by atoms with Crippen molar-refractivity contribution in [3.63, 3.8) is 0 Å². The molecule has 4 amide bonds. The molecule has 11 nitrogen and oxygen atoms in total. The van der Waals surface area contributed by atoms with Gasteiger partial charge >= 0.3 is 5.97 Å². The Kier molecular flexibility index (Phi) is 9.48. The molecule has 52 heavy (non-hydrogen) atoms. The fraction of sp³-hybridized carbons (Fsp3) is 0.441. The Bertz CT molecular complexity index is 1930. The van der Waals surface area contributed by atoms with Crippen LogP contribution in [0.4, 0.5) is 27.6 Å². The number of ether oxygens (including phenoxy) is 2. The summed E-state index contributed by atoms with van der Waals surface area (Å²) in [5, 5.41) is 19.6. The lowest BCUT2D eigenvalue weighted by Crippen LogP contribution is -2.60. The zero-order valence-corrected chi connectivity index (χ0v) is 28.8. The molecule has 0 radical (unpaired) electrons. The van der Waals surface area contributed by atoms with E-state index < -0.39 is 110 Å². The van der Waals surface area contributed by atoms with E-state index in [0.717, 1.165) is 4.90 Å². The van der Waals surface area contributed by atoms with Gasteiger partial charge in [0.1, 0.15) is 5.69 Å². The Morgan fingerprint density at radius 3 is 2.00 bits per heavy atom. The Labute approximate surface area is 301 Å². The van der Waals surface area contributed by atoms with Crippen LogP contribution in [0.3, 0.4) is 0 Å². The lowest BCUT2D eigenvalue weighted by molar-refractivity contribution is -0.141. The van der Waals surface area contributed by atoms with Crippen LogP contribution in [0.1, 0.15) is 50.0 Å². The number of carbonyl (C=O) groups is 5. The molecule has 6 atom stereocenters. The number of allylic oxidation sites excluding steroid dienone is 2. The minimum Gasteiger partial charge on any atom is -0.502 e. The number of rotatable bonds is 10. The molecule has 0 bridgehead atoms. The number of hydrogen-bond acceptors (Lipinski definition) is 8. The molecular weight excluding hydrogens is 746 g/mol. The number of halogens is 7. The minimum atomic E-state index is -2.77. The summed E-state index contributed by atoms with van der Waals surface area (Å²) < 4.78 is 84.0. The monoisotopic (exact) mass is 774 g/mol. The molecule has 18 heteroatoms. The molecule has 278 valence electrons. The van der Waals surface area contributed by atoms with Crippen molar-refractivity contribution in [2.45, 2.75) is 54.2 Å². The van der Waals surface area contributed by atoms with Gasteiger partial charge in [-0.15, -0.1) is 23.2 Å². The molecule has 2 aliphatic carbocycles. The molecule has 0 aromatic heterocycles. The van der Waals surface area contributed by atoms with E-state index in [2.05, 4.69) is 0 Å². The van der Waals surface area contributed by atoms with Crippen LogP contribution < -0.4 is 14.4 Å². The summed E-state index contributed by atoms with van der Waals surface area (Å²) in [4.78, 5) is 62.5. The van der Waals surface area contributed by atoms with E-state index in [1.165, 1.54) is 32.4 Å².